The molecule has 0 atom stereocenters. The summed E-state index contributed by atoms with van der Waals surface area (Å²) in [5.41, 5.74) is 1.61. The molecule has 25 heavy (non-hydrogen) atoms. The van der Waals surface area contributed by atoms with Crippen LogP contribution in [0.25, 0.3) is 0 Å². The molecule has 132 valence electrons. The third kappa shape index (κ3) is 5.56. The maximum absolute atomic E-state index is 13.4. The zero-order chi connectivity index (χ0) is 18.4. The molecule has 0 aliphatic heterocycles. The number of benzene rings is 2. The average Bonchev–Trinajstić information content (AvgIpc) is 2.55. The number of carbonyl (C=O) groups is 2. The Hall–Kier alpha value is -2.41. The Labute approximate surface area is 148 Å². The lowest BCUT2D eigenvalue weighted by Crippen LogP contribution is -2.22. The van der Waals surface area contributed by atoms with Gasteiger partial charge in [-0.2, -0.15) is 0 Å². The highest BCUT2D eigenvalue weighted by molar-refractivity contribution is 8.00. The molecule has 1 N–H and O–H groups in total. The molecule has 2 rings (SSSR count). The molecule has 0 saturated carbocycles. The summed E-state index contributed by atoms with van der Waals surface area (Å²) >= 11 is 1.30. The van der Waals surface area contributed by atoms with Crippen LogP contribution in [0.2, 0.25) is 0 Å². The Morgan fingerprint density at radius 2 is 1.80 bits per heavy atom. The third-order valence-corrected chi connectivity index (χ3v) is 4.42. The van der Waals surface area contributed by atoms with Crippen molar-refractivity contribution in [1.29, 1.82) is 0 Å². The van der Waals surface area contributed by atoms with Gasteiger partial charge in [-0.3, -0.25) is 9.59 Å². The number of amides is 1. The first-order valence-corrected chi connectivity index (χ1v) is 8.45. The van der Waals surface area contributed by atoms with E-state index in [1.165, 1.54) is 17.8 Å². The molecule has 1 amide bonds. The minimum absolute atomic E-state index is 0.0330. The first-order valence-electron chi connectivity index (χ1n) is 7.46. The molecular weight excluding hydrogens is 348 g/mol. The fraction of sp³-hybridized carbons (Fsp3) is 0.222. The van der Waals surface area contributed by atoms with Crippen LogP contribution >= 0.6 is 11.8 Å². The van der Waals surface area contributed by atoms with Crippen molar-refractivity contribution in [2.45, 2.75) is 18.7 Å². The van der Waals surface area contributed by atoms with Gasteiger partial charge in [-0.25, -0.2) is 8.78 Å². The number of halogens is 2. The highest BCUT2D eigenvalue weighted by atomic mass is 32.2. The summed E-state index contributed by atoms with van der Waals surface area (Å²) in [6, 6.07) is 9.08. The van der Waals surface area contributed by atoms with E-state index in [4.69, 9.17) is 4.74 Å². The maximum Gasteiger partial charge on any atom is 0.316 e. The second-order valence-corrected chi connectivity index (χ2v) is 6.38. The molecule has 2 aromatic rings. The fourth-order valence-corrected chi connectivity index (χ4v) is 2.89. The molecule has 0 aliphatic rings. The molecule has 0 aliphatic carbocycles. The number of thioether (sulfide) groups is 1. The first-order chi connectivity index (χ1) is 11.9. The predicted molar refractivity (Wildman–Crippen MR) is 92.6 cm³/mol. The van der Waals surface area contributed by atoms with E-state index in [1.807, 2.05) is 32.0 Å². The summed E-state index contributed by atoms with van der Waals surface area (Å²) in [7, 11) is 0. The van der Waals surface area contributed by atoms with Gasteiger partial charge in [-0.1, -0.05) is 23.8 Å². The molecule has 0 bridgehead atoms. The minimum atomic E-state index is -0.898. The Balaban J connectivity index is 1.80. The van der Waals surface area contributed by atoms with Gasteiger partial charge < -0.3 is 10.1 Å². The quantitative estimate of drug-likeness (QED) is 0.624. The van der Waals surface area contributed by atoms with Crippen molar-refractivity contribution in [3.05, 3.63) is 59.2 Å². The van der Waals surface area contributed by atoms with E-state index in [2.05, 4.69) is 5.32 Å². The SMILES string of the molecule is Cc1ccc(SCC(=O)OCC(=O)Nc2c(F)cccc2F)c(C)c1. The second kappa shape index (κ2) is 8.62. The molecule has 0 heterocycles. The number of anilines is 1. The molecule has 0 saturated heterocycles. The fourth-order valence-electron chi connectivity index (χ4n) is 2.08. The van der Waals surface area contributed by atoms with E-state index < -0.39 is 35.8 Å². The van der Waals surface area contributed by atoms with Crippen LogP contribution in [0.3, 0.4) is 0 Å². The van der Waals surface area contributed by atoms with Gasteiger partial charge >= 0.3 is 5.97 Å². The first kappa shape index (κ1) is 18.9. The molecule has 0 radical (unpaired) electrons. The summed E-state index contributed by atoms with van der Waals surface area (Å²) in [5.74, 6) is -3.16. The zero-order valence-corrected chi connectivity index (χ0v) is 14.6. The van der Waals surface area contributed by atoms with Crippen LogP contribution in [0.1, 0.15) is 11.1 Å². The summed E-state index contributed by atoms with van der Waals surface area (Å²) in [6.07, 6.45) is 0. The largest absolute Gasteiger partial charge is 0.455 e. The van der Waals surface area contributed by atoms with Gasteiger partial charge in [-0.15, -0.1) is 11.8 Å². The van der Waals surface area contributed by atoms with Crippen LogP contribution in [-0.2, 0) is 14.3 Å². The molecule has 7 heteroatoms. The maximum atomic E-state index is 13.4. The lowest BCUT2D eigenvalue weighted by molar-refractivity contribution is -0.144. The highest BCUT2D eigenvalue weighted by Gasteiger charge is 2.14. The van der Waals surface area contributed by atoms with Crippen molar-refractivity contribution in [1.82, 2.24) is 0 Å². The number of para-hydroxylation sites is 1. The number of ether oxygens (including phenoxy) is 1. The van der Waals surface area contributed by atoms with Crippen molar-refractivity contribution in [3.8, 4) is 0 Å². The van der Waals surface area contributed by atoms with Gasteiger partial charge in [0.2, 0.25) is 0 Å². The normalized spacial score (nSPS) is 10.4. The van der Waals surface area contributed by atoms with Crippen LogP contribution in [-0.4, -0.2) is 24.2 Å². The van der Waals surface area contributed by atoms with Crippen LogP contribution in [0.5, 0.6) is 0 Å². The van der Waals surface area contributed by atoms with Crippen molar-refractivity contribution >= 4 is 29.3 Å². The van der Waals surface area contributed by atoms with E-state index in [0.717, 1.165) is 28.2 Å². The number of hydrogen-bond acceptors (Lipinski definition) is 4. The summed E-state index contributed by atoms with van der Waals surface area (Å²) < 4.78 is 31.7. The van der Waals surface area contributed by atoms with Crippen LogP contribution in [0.15, 0.2) is 41.3 Å². The van der Waals surface area contributed by atoms with Gasteiger partial charge in [0.25, 0.3) is 5.91 Å². The number of rotatable bonds is 6. The Morgan fingerprint density at radius 1 is 1.12 bits per heavy atom. The molecule has 0 unspecified atom stereocenters. The van der Waals surface area contributed by atoms with Crippen molar-refractivity contribution in [3.63, 3.8) is 0 Å². The van der Waals surface area contributed by atoms with Crippen LogP contribution < -0.4 is 5.32 Å². The van der Waals surface area contributed by atoms with E-state index in [9.17, 15) is 18.4 Å². The van der Waals surface area contributed by atoms with Crippen molar-refractivity contribution < 1.29 is 23.1 Å². The van der Waals surface area contributed by atoms with Gasteiger partial charge in [0.1, 0.15) is 17.3 Å². The monoisotopic (exact) mass is 365 g/mol. The van der Waals surface area contributed by atoms with Gasteiger partial charge in [0.15, 0.2) is 6.61 Å². The number of aryl methyl sites for hydroxylation is 2. The van der Waals surface area contributed by atoms with E-state index in [0.29, 0.717) is 0 Å². The second-order valence-electron chi connectivity index (χ2n) is 5.36. The van der Waals surface area contributed by atoms with E-state index in [1.54, 1.807) is 0 Å². The highest BCUT2D eigenvalue weighted by Crippen LogP contribution is 2.23. The lowest BCUT2D eigenvalue weighted by Gasteiger charge is -2.09. The summed E-state index contributed by atoms with van der Waals surface area (Å²) in [6.45, 7) is 3.31. The average molecular weight is 365 g/mol. The smallest absolute Gasteiger partial charge is 0.316 e. The molecular formula is C18H17F2NO3S. The summed E-state index contributed by atoms with van der Waals surface area (Å²) in [4.78, 5) is 24.3. The summed E-state index contributed by atoms with van der Waals surface area (Å²) in [5, 5.41) is 2.05. The van der Waals surface area contributed by atoms with E-state index in [-0.39, 0.29) is 5.75 Å². The molecule has 2 aromatic carbocycles. The van der Waals surface area contributed by atoms with Gasteiger partial charge in [0, 0.05) is 4.90 Å². The molecule has 0 spiro atoms. The molecule has 4 nitrogen and oxygen atoms in total. The third-order valence-electron chi connectivity index (χ3n) is 3.27. The van der Waals surface area contributed by atoms with E-state index >= 15 is 0 Å². The van der Waals surface area contributed by atoms with Gasteiger partial charge in [-0.05, 0) is 37.6 Å². The predicted octanol–water partition coefficient (Wildman–Crippen LogP) is 3.86. The van der Waals surface area contributed by atoms with Crippen LogP contribution in [0, 0.1) is 25.5 Å². The standard InChI is InChI=1S/C18H17F2NO3S/c1-11-6-7-15(12(2)8-11)25-10-17(23)24-9-16(22)21-18-13(19)4-3-5-14(18)20/h3-8H,9-10H2,1-2H3,(H,21,22). The Kier molecular flexibility index (Phi) is 6.52. The topological polar surface area (TPSA) is 55.4 Å². The van der Waals surface area contributed by atoms with Gasteiger partial charge in [0.05, 0.1) is 5.75 Å². The zero-order valence-electron chi connectivity index (χ0n) is 13.8. The van der Waals surface area contributed by atoms with Crippen molar-refractivity contribution in [2.75, 3.05) is 17.7 Å². The Morgan fingerprint density at radius 3 is 2.44 bits per heavy atom. The number of esters is 1. The van der Waals surface area contributed by atoms with Crippen LogP contribution in [0.4, 0.5) is 14.5 Å². The Bertz CT molecular complexity index is 776. The number of nitrogens with one attached hydrogen (secondary N) is 1. The molecule has 0 aromatic heterocycles. The number of carbonyl (C=O) groups excluding carboxylic acids is 2. The molecule has 0 fully saturated rings. The van der Waals surface area contributed by atoms with Crippen molar-refractivity contribution in [2.24, 2.45) is 0 Å². The lowest BCUT2D eigenvalue weighted by atomic mass is 10.2. The minimum Gasteiger partial charge on any atom is -0.455 e. The number of hydrogen-bond donors (Lipinski definition) is 1.